The van der Waals surface area contributed by atoms with Gasteiger partial charge in [-0.1, -0.05) is 67.2 Å². The number of nitrogens with zero attached hydrogens (tertiary/aromatic N) is 1. The first-order valence-corrected chi connectivity index (χ1v) is 9.28. The second-order valence-corrected chi connectivity index (χ2v) is 7.65. The molecule has 8 heteroatoms. The van der Waals surface area contributed by atoms with Gasteiger partial charge in [-0.2, -0.15) is 0 Å². The van der Waals surface area contributed by atoms with Crippen LogP contribution in [0.3, 0.4) is 0 Å². The Balaban J connectivity index is 2.39. The summed E-state index contributed by atoms with van der Waals surface area (Å²) in [5, 5.41) is 18.6. The molecule has 1 aromatic carbocycles. The molecule has 26 heavy (non-hydrogen) atoms. The SMILES string of the molecule is CCCC(C(C(=O)O)C(=O)O)N1C(=O)/C(=C/c2cccc(C)c2)SC1=S. The van der Waals surface area contributed by atoms with Gasteiger partial charge in [-0.05, 0) is 25.0 Å². The summed E-state index contributed by atoms with van der Waals surface area (Å²) >= 11 is 6.32. The summed E-state index contributed by atoms with van der Waals surface area (Å²) in [5.41, 5.74) is 1.86. The number of benzene rings is 1. The van der Waals surface area contributed by atoms with E-state index in [2.05, 4.69) is 0 Å². The lowest BCUT2D eigenvalue weighted by Gasteiger charge is -2.29. The van der Waals surface area contributed by atoms with Crippen molar-refractivity contribution in [2.24, 2.45) is 5.92 Å². The number of hydrogen-bond acceptors (Lipinski definition) is 5. The molecule has 1 fully saturated rings. The third kappa shape index (κ3) is 4.31. The number of carbonyl (C=O) groups is 3. The summed E-state index contributed by atoms with van der Waals surface area (Å²) < 4.78 is 0.180. The van der Waals surface area contributed by atoms with E-state index in [1.165, 1.54) is 0 Å². The van der Waals surface area contributed by atoms with E-state index in [9.17, 15) is 24.6 Å². The predicted octanol–water partition coefficient (Wildman–Crippen LogP) is 3.15. The second kappa shape index (κ2) is 8.46. The van der Waals surface area contributed by atoms with E-state index >= 15 is 0 Å². The van der Waals surface area contributed by atoms with E-state index in [4.69, 9.17) is 12.2 Å². The second-order valence-electron chi connectivity index (χ2n) is 5.98. The molecular weight excluding hydrogens is 374 g/mol. The molecule has 0 aromatic heterocycles. The number of amides is 1. The Bertz CT molecular complexity index is 776. The Morgan fingerprint density at radius 2 is 1.96 bits per heavy atom. The molecule has 1 saturated heterocycles. The van der Waals surface area contributed by atoms with Crippen LogP contribution in [0.5, 0.6) is 0 Å². The monoisotopic (exact) mass is 393 g/mol. The maximum absolute atomic E-state index is 12.8. The molecule has 1 heterocycles. The molecule has 1 aromatic rings. The first-order chi connectivity index (χ1) is 12.3. The number of aliphatic carboxylic acids is 2. The molecule has 1 unspecified atom stereocenters. The van der Waals surface area contributed by atoms with Crippen LogP contribution in [0.4, 0.5) is 0 Å². The molecule has 1 amide bonds. The highest BCUT2D eigenvalue weighted by atomic mass is 32.2. The molecule has 0 saturated carbocycles. The standard InChI is InChI=1S/C18H19NO5S2/c1-3-5-12(14(16(21)22)17(23)24)19-15(20)13(26-18(19)25)9-11-7-4-6-10(2)8-11/h4,6-9,12,14H,3,5H2,1-2H3,(H,21,22)(H,23,24)/b13-9-. The number of hydrogen-bond donors (Lipinski definition) is 2. The van der Waals surface area contributed by atoms with Gasteiger partial charge in [0.2, 0.25) is 0 Å². The normalized spacial score (nSPS) is 17.2. The number of thioether (sulfide) groups is 1. The van der Waals surface area contributed by atoms with Crippen LogP contribution in [0, 0.1) is 12.8 Å². The van der Waals surface area contributed by atoms with Gasteiger partial charge in [-0.25, -0.2) is 0 Å². The van der Waals surface area contributed by atoms with Gasteiger partial charge in [0, 0.05) is 0 Å². The number of carbonyl (C=O) groups excluding carboxylic acids is 1. The van der Waals surface area contributed by atoms with Crippen LogP contribution < -0.4 is 0 Å². The Morgan fingerprint density at radius 3 is 2.50 bits per heavy atom. The van der Waals surface area contributed by atoms with Gasteiger partial charge in [-0.3, -0.25) is 19.3 Å². The first-order valence-electron chi connectivity index (χ1n) is 8.05. The topological polar surface area (TPSA) is 94.9 Å². The summed E-state index contributed by atoms with van der Waals surface area (Å²) in [6, 6.07) is 6.54. The van der Waals surface area contributed by atoms with Crippen LogP contribution in [0.2, 0.25) is 0 Å². The van der Waals surface area contributed by atoms with Gasteiger partial charge in [0.25, 0.3) is 5.91 Å². The molecule has 1 aliphatic rings. The van der Waals surface area contributed by atoms with Crippen molar-refractivity contribution in [2.75, 3.05) is 0 Å². The van der Waals surface area contributed by atoms with Gasteiger partial charge >= 0.3 is 11.9 Å². The summed E-state index contributed by atoms with van der Waals surface area (Å²) in [6.07, 6.45) is 2.44. The minimum absolute atomic E-state index is 0.180. The van der Waals surface area contributed by atoms with Crippen molar-refractivity contribution >= 4 is 52.2 Å². The minimum Gasteiger partial charge on any atom is -0.481 e. The zero-order valence-corrected chi connectivity index (χ0v) is 16.0. The van der Waals surface area contributed by atoms with Crippen LogP contribution in [0.15, 0.2) is 29.2 Å². The third-order valence-corrected chi connectivity index (χ3v) is 5.33. The Morgan fingerprint density at radius 1 is 1.31 bits per heavy atom. The Kier molecular flexibility index (Phi) is 6.55. The van der Waals surface area contributed by atoms with Crippen molar-refractivity contribution in [1.29, 1.82) is 0 Å². The maximum atomic E-state index is 12.8. The Labute approximate surface area is 160 Å². The van der Waals surface area contributed by atoms with Crippen molar-refractivity contribution < 1.29 is 24.6 Å². The van der Waals surface area contributed by atoms with Crippen molar-refractivity contribution in [1.82, 2.24) is 4.90 Å². The van der Waals surface area contributed by atoms with E-state index in [-0.39, 0.29) is 10.7 Å². The Hall–Kier alpha value is -2.19. The zero-order valence-electron chi connectivity index (χ0n) is 14.3. The number of aryl methyl sites for hydroxylation is 1. The molecule has 1 aliphatic heterocycles. The number of carboxylic acid groups (broad SMARTS) is 2. The third-order valence-electron chi connectivity index (χ3n) is 4.00. The van der Waals surface area contributed by atoms with Gasteiger partial charge in [-0.15, -0.1) is 0 Å². The number of rotatable bonds is 7. The van der Waals surface area contributed by atoms with Crippen LogP contribution in [-0.4, -0.2) is 43.3 Å². The average Bonchev–Trinajstić information content (AvgIpc) is 2.80. The summed E-state index contributed by atoms with van der Waals surface area (Å²) in [4.78, 5) is 37.3. The van der Waals surface area contributed by atoms with Crippen molar-refractivity contribution in [2.45, 2.75) is 32.7 Å². The van der Waals surface area contributed by atoms with E-state index < -0.39 is 29.8 Å². The van der Waals surface area contributed by atoms with Crippen molar-refractivity contribution in [3.05, 3.63) is 40.3 Å². The van der Waals surface area contributed by atoms with Crippen molar-refractivity contribution in [3.63, 3.8) is 0 Å². The lowest BCUT2D eigenvalue weighted by Crippen LogP contribution is -2.48. The highest BCUT2D eigenvalue weighted by molar-refractivity contribution is 8.26. The lowest BCUT2D eigenvalue weighted by atomic mass is 9.94. The van der Waals surface area contributed by atoms with Crippen LogP contribution in [0.25, 0.3) is 6.08 Å². The number of thiocarbonyl (C=S) groups is 1. The molecule has 138 valence electrons. The number of carboxylic acids is 2. The smallest absolute Gasteiger partial charge is 0.320 e. The van der Waals surface area contributed by atoms with E-state index in [1.807, 2.05) is 31.2 Å². The highest BCUT2D eigenvalue weighted by Crippen LogP contribution is 2.36. The summed E-state index contributed by atoms with van der Waals surface area (Å²) in [7, 11) is 0. The van der Waals surface area contributed by atoms with Gasteiger partial charge in [0.05, 0.1) is 10.9 Å². The van der Waals surface area contributed by atoms with E-state index in [0.29, 0.717) is 11.3 Å². The fraction of sp³-hybridized carbons (Fsp3) is 0.333. The molecule has 1 atom stereocenters. The molecule has 2 rings (SSSR count). The summed E-state index contributed by atoms with van der Waals surface area (Å²) in [5.74, 6) is -5.14. The first kappa shape index (κ1) is 20.1. The molecule has 6 nitrogen and oxygen atoms in total. The molecule has 0 aliphatic carbocycles. The van der Waals surface area contributed by atoms with Crippen LogP contribution in [-0.2, 0) is 14.4 Å². The van der Waals surface area contributed by atoms with E-state index in [1.54, 1.807) is 13.0 Å². The van der Waals surface area contributed by atoms with E-state index in [0.717, 1.165) is 27.8 Å². The van der Waals surface area contributed by atoms with Crippen molar-refractivity contribution in [3.8, 4) is 0 Å². The quantitative estimate of drug-likeness (QED) is 0.417. The molecular formula is C18H19NO5S2. The molecule has 0 radical (unpaired) electrons. The molecule has 2 N–H and O–H groups in total. The fourth-order valence-corrected chi connectivity index (χ4v) is 4.23. The zero-order chi connectivity index (χ0) is 19.4. The fourth-order valence-electron chi connectivity index (χ4n) is 2.85. The van der Waals surface area contributed by atoms with Gasteiger partial charge in [0.1, 0.15) is 4.32 Å². The lowest BCUT2D eigenvalue weighted by molar-refractivity contribution is -0.157. The van der Waals surface area contributed by atoms with Crippen LogP contribution in [0.1, 0.15) is 30.9 Å². The van der Waals surface area contributed by atoms with Crippen LogP contribution >= 0.6 is 24.0 Å². The van der Waals surface area contributed by atoms with Gasteiger partial charge < -0.3 is 10.2 Å². The summed E-state index contributed by atoms with van der Waals surface area (Å²) in [6.45, 7) is 3.73. The average molecular weight is 393 g/mol. The predicted molar refractivity (Wildman–Crippen MR) is 104 cm³/mol. The highest BCUT2D eigenvalue weighted by Gasteiger charge is 2.45. The maximum Gasteiger partial charge on any atom is 0.320 e. The largest absolute Gasteiger partial charge is 0.481 e. The minimum atomic E-state index is -1.73. The molecule has 0 spiro atoms. The van der Waals surface area contributed by atoms with Gasteiger partial charge in [0.15, 0.2) is 5.92 Å². The molecule has 0 bridgehead atoms.